The minimum Gasteiger partial charge on any atom is -0.550 e. The van der Waals surface area contributed by atoms with Crippen molar-refractivity contribution in [3.8, 4) is 0 Å². The SMILES string of the molecule is CCCCCCCCC(CC)C(=O)[O-].[Na+]. The Morgan fingerprint density at radius 2 is 1.60 bits per heavy atom. The first kappa shape index (κ1) is 17.9. The zero-order valence-electron chi connectivity index (χ0n) is 10.6. The van der Waals surface area contributed by atoms with Crippen LogP contribution in [0, 0.1) is 5.92 Å². The van der Waals surface area contributed by atoms with E-state index in [9.17, 15) is 9.90 Å². The maximum Gasteiger partial charge on any atom is 1.00 e. The Morgan fingerprint density at radius 3 is 2.07 bits per heavy atom. The Kier molecular flexibility index (Phi) is 14.9. The largest absolute Gasteiger partial charge is 1.00 e. The van der Waals surface area contributed by atoms with E-state index in [1.807, 2.05) is 6.92 Å². The van der Waals surface area contributed by atoms with Gasteiger partial charge in [0, 0.05) is 5.97 Å². The normalized spacial score (nSPS) is 11.9. The molecule has 0 saturated carbocycles. The molecular formula is C12H23NaO2. The van der Waals surface area contributed by atoms with Crippen LogP contribution in [-0.4, -0.2) is 5.97 Å². The standard InChI is InChI=1S/C12H24O2.Na/c1-3-5-6-7-8-9-10-11(4-2)12(13)14;/h11H,3-10H2,1-2H3,(H,13,14);/q;+1/p-1. The summed E-state index contributed by atoms with van der Waals surface area (Å²) in [6.07, 6.45) is 8.81. The number of carbonyl (C=O) groups excluding carboxylic acids is 1. The van der Waals surface area contributed by atoms with Gasteiger partial charge in [-0.3, -0.25) is 0 Å². The van der Waals surface area contributed by atoms with Crippen molar-refractivity contribution in [3.63, 3.8) is 0 Å². The number of carbonyl (C=O) groups is 1. The fourth-order valence-corrected chi connectivity index (χ4v) is 1.66. The van der Waals surface area contributed by atoms with E-state index in [0.29, 0.717) is 6.42 Å². The monoisotopic (exact) mass is 222 g/mol. The summed E-state index contributed by atoms with van der Waals surface area (Å²) in [5.41, 5.74) is 0. The molecule has 0 radical (unpaired) electrons. The maximum absolute atomic E-state index is 10.6. The number of aliphatic carboxylic acids is 1. The van der Waals surface area contributed by atoms with E-state index in [4.69, 9.17) is 0 Å². The van der Waals surface area contributed by atoms with E-state index in [2.05, 4.69) is 6.92 Å². The van der Waals surface area contributed by atoms with Crippen molar-refractivity contribution in [2.24, 2.45) is 5.92 Å². The van der Waals surface area contributed by atoms with Gasteiger partial charge in [0.05, 0.1) is 0 Å². The molecule has 0 aliphatic carbocycles. The van der Waals surface area contributed by atoms with Gasteiger partial charge in [-0.15, -0.1) is 0 Å². The van der Waals surface area contributed by atoms with Crippen LogP contribution in [0.15, 0.2) is 0 Å². The molecule has 0 bridgehead atoms. The van der Waals surface area contributed by atoms with Crippen LogP contribution in [0.4, 0.5) is 0 Å². The van der Waals surface area contributed by atoms with Crippen LogP contribution in [0.3, 0.4) is 0 Å². The van der Waals surface area contributed by atoms with Gasteiger partial charge in [-0.2, -0.15) is 0 Å². The van der Waals surface area contributed by atoms with Gasteiger partial charge in [0.2, 0.25) is 0 Å². The second-order valence-corrected chi connectivity index (χ2v) is 3.98. The first-order valence-electron chi connectivity index (χ1n) is 5.93. The van der Waals surface area contributed by atoms with Gasteiger partial charge in [-0.05, 0) is 18.8 Å². The molecule has 0 amide bonds. The molecule has 3 heteroatoms. The Balaban J connectivity index is 0. The average Bonchev–Trinajstić information content (AvgIpc) is 2.16. The van der Waals surface area contributed by atoms with E-state index < -0.39 is 5.97 Å². The van der Waals surface area contributed by atoms with Gasteiger partial charge in [0.1, 0.15) is 0 Å². The van der Waals surface area contributed by atoms with Crippen molar-refractivity contribution in [2.75, 3.05) is 0 Å². The molecule has 84 valence electrons. The van der Waals surface area contributed by atoms with Crippen molar-refractivity contribution in [1.29, 1.82) is 0 Å². The first-order chi connectivity index (χ1) is 6.72. The van der Waals surface area contributed by atoms with E-state index in [0.717, 1.165) is 12.8 Å². The van der Waals surface area contributed by atoms with Crippen LogP contribution in [0.2, 0.25) is 0 Å². The van der Waals surface area contributed by atoms with Gasteiger partial charge in [0.15, 0.2) is 0 Å². The third-order valence-electron chi connectivity index (χ3n) is 2.73. The smallest absolute Gasteiger partial charge is 0.550 e. The molecule has 0 aromatic heterocycles. The molecule has 2 nitrogen and oxygen atoms in total. The van der Waals surface area contributed by atoms with Crippen molar-refractivity contribution in [2.45, 2.75) is 65.2 Å². The van der Waals surface area contributed by atoms with Crippen LogP contribution >= 0.6 is 0 Å². The summed E-state index contributed by atoms with van der Waals surface area (Å²) in [6.45, 7) is 4.11. The summed E-state index contributed by atoms with van der Waals surface area (Å²) in [5.74, 6) is -1.10. The second kappa shape index (κ2) is 12.5. The van der Waals surface area contributed by atoms with Crippen LogP contribution in [0.1, 0.15) is 65.2 Å². The van der Waals surface area contributed by atoms with Gasteiger partial charge >= 0.3 is 29.6 Å². The summed E-state index contributed by atoms with van der Waals surface area (Å²) in [5, 5.41) is 10.6. The minimum absolute atomic E-state index is 0. The summed E-state index contributed by atoms with van der Waals surface area (Å²) in [7, 11) is 0. The summed E-state index contributed by atoms with van der Waals surface area (Å²) >= 11 is 0. The summed E-state index contributed by atoms with van der Waals surface area (Å²) < 4.78 is 0. The summed E-state index contributed by atoms with van der Waals surface area (Å²) in [6, 6.07) is 0. The third-order valence-corrected chi connectivity index (χ3v) is 2.73. The fourth-order valence-electron chi connectivity index (χ4n) is 1.66. The van der Waals surface area contributed by atoms with E-state index in [1.54, 1.807) is 0 Å². The summed E-state index contributed by atoms with van der Waals surface area (Å²) in [4.78, 5) is 10.6. The average molecular weight is 222 g/mol. The Morgan fingerprint density at radius 1 is 1.07 bits per heavy atom. The van der Waals surface area contributed by atoms with Crippen molar-refractivity contribution in [1.82, 2.24) is 0 Å². The van der Waals surface area contributed by atoms with Crippen molar-refractivity contribution < 1.29 is 39.5 Å². The molecule has 0 aromatic rings. The van der Waals surface area contributed by atoms with Crippen LogP contribution in [0.25, 0.3) is 0 Å². The quantitative estimate of drug-likeness (QED) is 0.390. The zero-order valence-corrected chi connectivity index (χ0v) is 12.6. The number of hydrogen-bond acceptors (Lipinski definition) is 2. The minimum atomic E-state index is -0.874. The van der Waals surface area contributed by atoms with Crippen molar-refractivity contribution in [3.05, 3.63) is 0 Å². The first-order valence-corrected chi connectivity index (χ1v) is 5.93. The predicted octanol–water partition coefficient (Wildman–Crippen LogP) is -0.483. The number of rotatable bonds is 9. The van der Waals surface area contributed by atoms with Crippen LogP contribution in [0.5, 0.6) is 0 Å². The third kappa shape index (κ3) is 10.7. The molecule has 0 N–H and O–H groups in total. The number of unbranched alkanes of at least 4 members (excludes halogenated alkanes) is 5. The van der Waals surface area contributed by atoms with Crippen molar-refractivity contribution >= 4 is 5.97 Å². The second-order valence-electron chi connectivity index (χ2n) is 3.98. The molecule has 0 fully saturated rings. The topological polar surface area (TPSA) is 40.1 Å². The molecule has 0 saturated heterocycles. The maximum atomic E-state index is 10.6. The number of carboxylic acid groups (broad SMARTS) is 1. The fraction of sp³-hybridized carbons (Fsp3) is 0.917. The van der Waals surface area contributed by atoms with Crippen LogP contribution < -0.4 is 34.7 Å². The Hall–Kier alpha value is 0.470. The molecular weight excluding hydrogens is 199 g/mol. The zero-order chi connectivity index (χ0) is 10.8. The predicted molar refractivity (Wildman–Crippen MR) is 56.8 cm³/mol. The van der Waals surface area contributed by atoms with Gasteiger partial charge in [-0.1, -0.05) is 52.4 Å². The Bertz CT molecular complexity index is 149. The number of hydrogen-bond donors (Lipinski definition) is 0. The molecule has 0 aromatic carbocycles. The molecule has 1 unspecified atom stereocenters. The molecule has 1 atom stereocenters. The number of carboxylic acids is 1. The molecule has 0 heterocycles. The van der Waals surface area contributed by atoms with E-state index in [-0.39, 0.29) is 35.5 Å². The molecule has 15 heavy (non-hydrogen) atoms. The van der Waals surface area contributed by atoms with Crippen LogP contribution in [-0.2, 0) is 4.79 Å². The van der Waals surface area contributed by atoms with E-state index in [1.165, 1.54) is 32.1 Å². The molecule has 0 rings (SSSR count). The molecule has 0 spiro atoms. The Labute approximate surface area is 116 Å². The van der Waals surface area contributed by atoms with E-state index >= 15 is 0 Å². The van der Waals surface area contributed by atoms with Gasteiger partial charge in [0.25, 0.3) is 0 Å². The molecule has 0 aliphatic heterocycles. The van der Waals surface area contributed by atoms with Gasteiger partial charge < -0.3 is 9.90 Å². The van der Waals surface area contributed by atoms with Gasteiger partial charge in [-0.25, -0.2) is 0 Å². The molecule has 0 aliphatic rings.